The van der Waals surface area contributed by atoms with E-state index in [1.807, 2.05) is 6.07 Å². The zero-order chi connectivity index (χ0) is 32.9. The van der Waals surface area contributed by atoms with Gasteiger partial charge in [-0.2, -0.15) is 0 Å². The van der Waals surface area contributed by atoms with Crippen LogP contribution in [0.15, 0.2) is 127 Å². The van der Waals surface area contributed by atoms with Gasteiger partial charge in [-0.25, -0.2) is 0 Å². The van der Waals surface area contributed by atoms with Crippen molar-refractivity contribution in [3.63, 3.8) is 0 Å². The van der Waals surface area contributed by atoms with Gasteiger partial charge in [-0.15, -0.1) is 0 Å². The summed E-state index contributed by atoms with van der Waals surface area (Å²) < 4.78 is 5.18. The number of hydrogen-bond donors (Lipinski definition) is 0. The van der Waals surface area contributed by atoms with Gasteiger partial charge in [-0.05, 0) is 5.56 Å². The monoisotopic (exact) mass is 735 g/mol. The molecule has 0 aliphatic heterocycles. The Labute approximate surface area is 291 Å². The van der Waals surface area contributed by atoms with Crippen molar-refractivity contribution in [2.45, 2.75) is 39.5 Å². The third-order valence-electron chi connectivity index (χ3n) is 9.39. The summed E-state index contributed by atoms with van der Waals surface area (Å²) in [6.07, 6.45) is 0. The van der Waals surface area contributed by atoms with Crippen LogP contribution in [0.3, 0.4) is 0 Å². The van der Waals surface area contributed by atoms with E-state index in [0.29, 0.717) is 11.8 Å². The molecule has 3 nitrogen and oxygen atoms in total. The Kier molecular flexibility index (Phi) is 7.77. The number of para-hydroxylation sites is 2. The van der Waals surface area contributed by atoms with Crippen LogP contribution in [0.4, 0.5) is 0 Å². The molecule has 8 aromatic rings. The van der Waals surface area contributed by atoms with E-state index in [9.17, 15) is 5.26 Å². The third-order valence-corrected chi connectivity index (χ3v) is 12.8. The molecular weight excluding hydrogens is 698 g/mol. The number of hydrogen-bond acceptors (Lipinski definition) is 2. The summed E-state index contributed by atoms with van der Waals surface area (Å²) in [5.41, 5.74) is 12.9. The fourth-order valence-corrected chi connectivity index (χ4v) is 10.5. The molecule has 8 rings (SSSR count). The fraction of sp³-hybridized carbons (Fsp3) is 0.136. The molecule has 0 aliphatic rings. The number of aromatic nitrogens is 2. The first-order valence-electron chi connectivity index (χ1n) is 16.6. The number of fused-ring (bicyclic) bond motifs is 4. The van der Waals surface area contributed by atoms with Crippen LogP contribution in [0.1, 0.15) is 56.2 Å². The van der Waals surface area contributed by atoms with Gasteiger partial charge >= 0.3 is 257 Å². The first-order valence-corrected chi connectivity index (χ1v) is 18.9. The summed E-state index contributed by atoms with van der Waals surface area (Å²) in [5, 5.41) is 12.2. The van der Waals surface area contributed by atoms with Crippen LogP contribution in [-0.2, 0) is 0 Å². The van der Waals surface area contributed by atoms with Crippen molar-refractivity contribution in [1.29, 1.82) is 5.26 Å². The predicted molar refractivity (Wildman–Crippen MR) is 202 cm³/mol. The molecule has 0 N–H and O–H groups in total. The molecular formula is C44H35N3Te. The van der Waals surface area contributed by atoms with Crippen molar-refractivity contribution in [3.8, 4) is 45.4 Å². The van der Waals surface area contributed by atoms with E-state index in [-0.39, 0.29) is 0 Å². The molecule has 0 bridgehead atoms. The molecule has 0 fully saturated rings. The van der Waals surface area contributed by atoms with E-state index in [1.165, 1.54) is 62.2 Å². The minimum absolute atomic E-state index is 0.291. The normalized spacial score (nSPS) is 11.7. The molecule has 6 aromatic carbocycles. The van der Waals surface area contributed by atoms with Gasteiger partial charge < -0.3 is 0 Å². The van der Waals surface area contributed by atoms with Gasteiger partial charge in [0.25, 0.3) is 0 Å². The molecule has 0 radical (unpaired) electrons. The van der Waals surface area contributed by atoms with Crippen LogP contribution in [0.5, 0.6) is 0 Å². The summed E-state index contributed by atoms with van der Waals surface area (Å²) >= 11 is -0.713. The molecule has 48 heavy (non-hydrogen) atoms. The number of benzene rings is 6. The maximum atomic E-state index is 9.61. The van der Waals surface area contributed by atoms with Gasteiger partial charge in [-0.1, -0.05) is 30.3 Å². The van der Waals surface area contributed by atoms with Crippen molar-refractivity contribution >= 4 is 49.0 Å². The Balaban J connectivity index is 1.37. The second-order valence-corrected chi connectivity index (χ2v) is 16.1. The summed E-state index contributed by atoms with van der Waals surface area (Å²) in [7, 11) is 0. The van der Waals surface area contributed by atoms with Crippen molar-refractivity contribution in [1.82, 2.24) is 9.55 Å². The summed E-state index contributed by atoms with van der Waals surface area (Å²) in [5.74, 6) is 1.58. The summed E-state index contributed by atoms with van der Waals surface area (Å²) in [6.45, 7) is 9.22. The Bertz CT molecular complexity index is 2480. The third kappa shape index (κ3) is 5.16. The summed E-state index contributed by atoms with van der Waals surface area (Å²) in [4.78, 5) is 5.38. The molecule has 0 unspecified atom stereocenters. The molecule has 2 aromatic heterocycles. The van der Waals surface area contributed by atoms with Gasteiger partial charge in [-0.3, -0.25) is 0 Å². The Hall–Kier alpha value is -4.93. The van der Waals surface area contributed by atoms with E-state index in [4.69, 9.17) is 4.98 Å². The first kappa shape index (κ1) is 30.4. The number of nitriles is 1. The van der Waals surface area contributed by atoms with Crippen LogP contribution in [0, 0.1) is 11.3 Å². The molecule has 0 spiro atoms. The average molecular weight is 733 g/mol. The molecule has 0 atom stereocenters. The van der Waals surface area contributed by atoms with Gasteiger partial charge in [0, 0.05) is 0 Å². The minimum atomic E-state index is -0.713. The average Bonchev–Trinajstić information content (AvgIpc) is 3.69. The topological polar surface area (TPSA) is 41.6 Å². The number of nitrogens with zero attached hydrogens (tertiary/aromatic N) is 3. The van der Waals surface area contributed by atoms with E-state index in [1.54, 1.807) is 0 Å². The van der Waals surface area contributed by atoms with Crippen LogP contribution in [-0.4, -0.2) is 30.0 Å². The molecule has 2 heterocycles. The SMILES string of the molecule is CC(C)c1cc(-c2ccc(-c3ccccc3)cc2)cc(C(C)C)c1-n1c(-c2cccc3c2[te]c2cc(C#N)ccc23)nc2ccccc21. The van der Waals surface area contributed by atoms with E-state index in [2.05, 4.69) is 160 Å². The van der Waals surface area contributed by atoms with Crippen molar-refractivity contribution in [3.05, 3.63) is 144 Å². The van der Waals surface area contributed by atoms with Crippen LogP contribution >= 0.6 is 0 Å². The van der Waals surface area contributed by atoms with E-state index < -0.39 is 20.4 Å². The van der Waals surface area contributed by atoms with Gasteiger partial charge in [0.1, 0.15) is 0 Å². The number of rotatable bonds is 6. The predicted octanol–water partition coefficient (Wildman–Crippen LogP) is 11.5. The van der Waals surface area contributed by atoms with Crippen molar-refractivity contribution < 1.29 is 0 Å². The van der Waals surface area contributed by atoms with Crippen LogP contribution < -0.4 is 0 Å². The molecule has 4 heteroatoms. The Morgan fingerprint density at radius 3 is 1.96 bits per heavy atom. The maximum absolute atomic E-state index is 9.61. The second kappa shape index (κ2) is 12.3. The fourth-order valence-electron chi connectivity index (χ4n) is 6.95. The zero-order valence-corrected chi connectivity index (χ0v) is 29.9. The standard InChI is InChI=1S/C44H35N3Te/c1-27(2)37-24-33(32-20-18-31(19-21-32)30-11-6-5-7-12-30)25-38(28(3)4)42(37)47-40-16-9-8-15-39(40)46-44(47)36-14-10-13-35-34-22-17-29(26-45)23-41(34)48-43(35)36/h5-25,27-28H,1-4H3. The Morgan fingerprint density at radius 2 is 1.27 bits per heavy atom. The second-order valence-electron chi connectivity index (χ2n) is 13.1. The first-order chi connectivity index (χ1) is 23.4. The molecule has 0 saturated carbocycles. The zero-order valence-electron chi connectivity index (χ0n) is 27.5. The van der Waals surface area contributed by atoms with Crippen molar-refractivity contribution in [2.75, 3.05) is 0 Å². The van der Waals surface area contributed by atoms with Gasteiger partial charge in [0.15, 0.2) is 0 Å². The van der Waals surface area contributed by atoms with Crippen LogP contribution in [0.2, 0.25) is 0 Å². The van der Waals surface area contributed by atoms with Gasteiger partial charge in [0.2, 0.25) is 0 Å². The van der Waals surface area contributed by atoms with Crippen LogP contribution in [0.25, 0.3) is 67.9 Å². The quantitative estimate of drug-likeness (QED) is 0.160. The van der Waals surface area contributed by atoms with Crippen molar-refractivity contribution in [2.24, 2.45) is 0 Å². The van der Waals surface area contributed by atoms with E-state index >= 15 is 0 Å². The molecule has 0 saturated heterocycles. The summed E-state index contributed by atoms with van der Waals surface area (Å²) in [6, 6.07) is 48.1. The van der Waals surface area contributed by atoms with E-state index in [0.717, 1.165) is 22.4 Å². The van der Waals surface area contributed by atoms with Gasteiger partial charge in [0.05, 0.1) is 0 Å². The number of imidazole rings is 1. The molecule has 0 aliphatic carbocycles. The Morgan fingerprint density at radius 1 is 0.625 bits per heavy atom. The molecule has 0 amide bonds. The molecule has 232 valence electrons.